The third-order valence-electron chi connectivity index (χ3n) is 4.21. The van der Waals surface area contributed by atoms with Crippen LogP contribution >= 0.6 is 0 Å². The van der Waals surface area contributed by atoms with E-state index in [2.05, 4.69) is 22.8 Å². The van der Waals surface area contributed by atoms with E-state index in [9.17, 15) is 8.42 Å². The highest BCUT2D eigenvalue weighted by atomic mass is 32.2. The van der Waals surface area contributed by atoms with E-state index in [-0.39, 0.29) is 17.0 Å². The molecule has 7 heteroatoms. The molecule has 0 saturated carbocycles. The van der Waals surface area contributed by atoms with Gasteiger partial charge in [0.15, 0.2) is 0 Å². The largest absolute Gasteiger partial charge is 0.263 e. The first-order valence-corrected chi connectivity index (χ1v) is 8.45. The minimum atomic E-state index is -3.45. The Morgan fingerprint density at radius 1 is 1.45 bits per heavy atom. The van der Waals surface area contributed by atoms with Gasteiger partial charge in [-0.05, 0) is 30.9 Å². The number of nitrogens with one attached hydrogen (secondary N) is 2. The van der Waals surface area contributed by atoms with Crippen molar-refractivity contribution in [1.29, 1.82) is 0 Å². The Balaban J connectivity index is 1.89. The van der Waals surface area contributed by atoms with Crippen LogP contribution in [0.2, 0.25) is 0 Å². The van der Waals surface area contributed by atoms with E-state index >= 15 is 0 Å². The SMILES string of the molecule is CC1CNNC1C1CCCN1S(=O)(=O)c1cccnc1. The highest BCUT2D eigenvalue weighted by molar-refractivity contribution is 7.89. The molecule has 2 saturated heterocycles. The molecule has 3 heterocycles. The van der Waals surface area contributed by atoms with Crippen molar-refractivity contribution in [3.63, 3.8) is 0 Å². The second-order valence-corrected chi connectivity index (χ2v) is 7.43. The molecular weight excluding hydrogens is 276 g/mol. The quantitative estimate of drug-likeness (QED) is 0.842. The molecule has 2 fully saturated rings. The summed E-state index contributed by atoms with van der Waals surface area (Å²) >= 11 is 0. The van der Waals surface area contributed by atoms with Crippen molar-refractivity contribution in [1.82, 2.24) is 20.1 Å². The predicted octanol–water partition coefficient (Wildman–Crippen LogP) is 0.347. The zero-order valence-corrected chi connectivity index (χ0v) is 12.3. The van der Waals surface area contributed by atoms with Gasteiger partial charge in [-0.15, -0.1) is 0 Å². The molecule has 0 bridgehead atoms. The summed E-state index contributed by atoms with van der Waals surface area (Å²) in [5.41, 5.74) is 6.36. The minimum Gasteiger partial charge on any atom is -0.263 e. The third-order valence-corrected chi connectivity index (χ3v) is 6.12. The fourth-order valence-corrected chi connectivity index (χ4v) is 4.82. The number of hydrogen-bond acceptors (Lipinski definition) is 5. The number of hydrazine groups is 1. The van der Waals surface area contributed by atoms with Crippen LogP contribution < -0.4 is 10.9 Å². The molecule has 0 aromatic carbocycles. The Labute approximate surface area is 119 Å². The van der Waals surface area contributed by atoms with Gasteiger partial charge in [0, 0.05) is 37.6 Å². The van der Waals surface area contributed by atoms with Gasteiger partial charge in [-0.25, -0.2) is 8.42 Å². The molecule has 3 unspecified atom stereocenters. The van der Waals surface area contributed by atoms with Crippen LogP contribution in [0, 0.1) is 5.92 Å². The summed E-state index contributed by atoms with van der Waals surface area (Å²) in [5.74, 6) is 0.421. The van der Waals surface area contributed by atoms with Crippen molar-refractivity contribution in [2.24, 2.45) is 5.92 Å². The lowest BCUT2D eigenvalue weighted by Gasteiger charge is -2.30. The topological polar surface area (TPSA) is 74.3 Å². The minimum absolute atomic E-state index is 0.0187. The predicted molar refractivity (Wildman–Crippen MR) is 75.2 cm³/mol. The third kappa shape index (κ3) is 2.35. The fourth-order valence-electron chi connectivity index (χ4n) is 3.14. The summed E-state index contributed by atoms with van der Waals surface area (Å²) in [5, 5.41) is 0. The van der Waals surface area contributed by atoms with Crippen LogP contribution in [0.25, 0.3) is 0 Å². The standard InChI is InChI=1S/C13H20N4O2S/c1-10-8-15-16-13(10)12-5-3-7-17(12)20(18,19)11-4-2-6-14-9-11/h2,4,6,9-10,12-13,15-16H,3,5,7-8H2,1H3. The first kappa shape index (κ1) is 13.9. The summed E-state index contributed by atoms with van der Waals surface area (Å²) < 4.78 is 27.1. The van der Waals surface area contributed by atoms with Crippen LogP contribution in [0.5, 0.6) is 0 Å². The van der Waals surface area contributed by atoms with Gasteiger partial charge in [0.05, 0.1) is 0 Å². The molecule has 0 spiro atoms. The maximum atomic E-state index is 12.7. The highest BCUT2D eigenvalue weighted by Gasteiger charge is 2.42. The average molecular weight is 296 g/mol. The van der Waals surface area contributed by atoms with Crippen molar-refractivity contribution in [2.45, 2.75) is 36.7 Å². The molecule has 2 aliphatic rings. The molecule has 1 aromatic rings. The Hall–Kier alpha value is -1.02. The lowest BCUT2D eigenvalue weighted by atomic mass is 9.96. The van der Waals surface area contributed by atoms with Crippen molar-refractivity contribution in [3.8, 4) is 0 Å². The molecule has 0 amide bonds. The number of pyridine rings is 1. The monoisotopic (exact) mass is 296 g/mol. The van der Waals surface area contributed by atoms with E-state index < -0.39 is 10.0 Å². The molecule has 20 heavy (non-hydrogen) atoms. The zero-order chi connectivity index (χ0) is 14.2. The second-order valence-electron chi connectivity index (χ2n) is 5.54. The second kappa shape index (κ2) is 5.40. The van der Waals surface area contributed by atoms with Crippen molar-refractivity contribution in [3.05, 3.63) is 24.5 Å². The molecule has 3 atom stereocenters. The summed E-state index contributed by atoms with van der Waals surface area (Å²) in [4.78, 5) is 4.21. The first-order chi connectivity index (χ1) is 9.60. The van der Waals surface area contributed by atoms with Crippen molar-refractivity contribution < 1.29 is 8.42 Å². The van der Waals surface area contributed by atoms with Gasteiger partial charge in [0.1, 0.15) is 4.90 Å². The van der Waals surface area contributed by atoms with E-state index in [1.807, 2.05) is 0 Å². The molecule has 2 N–H and O–H groups in total. The normalized spacial score (nSPS) is 31.8. The van der Waals surface area contributed by atoms with E-state index in [4.69, 9.17) is 0 Å². The molecule has 2 aliphatic heterocycles. The van der Waals surface area contributed by atoms with E-state index in [1.165, 1.54) is 6.20 Å². The van der Waals surface area contributed by atoms with Crippen LogP contribution in [0.15, 0.2) is 29.4 Å². The van der Waals surface area contributed by atoms with Gasteiger partial charge in [-0.2, -0.15) is 4.31 Å². The lowest BCUT2D eigenvalue weighted by molar-refractivity contribution is 0.285. The van der Waals surface area contributed by atoms with Crippen LogP contribution in [-0.2, 0) is 10.0 Å². The van der Waals surface area contributed by atoms with E-state index in [0.29, 0.717) is 12.5 Å². The zero-order valence-electron chi connectivity index (χ0n) is 11.5. The number of aromatic nitrogens is 1. The summed E-state index contributed by atoms with van der Waals surface area (Å²) in [7, 11) is -3.45. The van der Waals surface area contributed by atoms with Crippen molar-refractivity contribution >= 4 is 10.0 Å². The van der Waals surface area contributed by atoms with E-state index in [1.54, 1.807) is 22.6 Å². The Kier molecular flexibility index (Phi) is 3.76. The maximum Gasteiger partial charge on any atom is 0.244 e. The van der Waals surface area contributed by atoms with Gasteiger partial charge in [-0.1, -0.05) is 6.92 Å². The van der Waals surface area contributed by atoms with E-state index in [0.717, 1.165) is 19.4 Å². The number of hydrogen-bond donors (Lipinski definition) is 2. The smallest absolute Gasteiger partial charge is 0.244 e. The Morgan fingerprint density at radius 2 is 2.30 bits per heavy atom. The highest BCUT2D eigenvalue weighted by Crippen LogP contribution is 2.30. The molecular formula is C13H20N4O2S. The van der Waals surface area contributed by atoms with Crippen LogP contribution in [0.3, 0.4) is 0 Å². The molecule has 0 radical (unpaired) electrons. The van der Waals surface area contributed by atoms with Gasteiger partial charge in [0.25, 0.3) is 0 Å². The van der Waals surface area contributed by atoms with Gasteiger partial charge in [0.2, 0.25) is 10.0 Å². The summed E-state index contributed by atoms with van der Waals surface area (Å²) in [6.45, 7) is 3.61. The number of rotatable bonds is 3. The first-order valence-electron chi connectivity index (χ1n) is 7.01. The number of nitrogens with zero attached hydrogens (tertiary/aromatic N) is 2. The summed E-state index contributed by atoms with van der Waals surface area (Å²) in [6.07, 6.45) is 4.83. The molecule has 0 aliphatic carbocycles. The Bertz CT molecular complexity index is 563. The molecule has 110 valence electrons. The maximum absolute atomic E-state index is 12.7. The lowest BCUT2D eigenvalue weighted by Crippen LogP contribution is -2.49. The van der Waals surface area contributed by atoms with Gasteiger partial charge in [-0.3, -0.25) is 15.8 Å². The van der Waals surface area contributed by atoms with Gasteiger partial charge >= 0.3 is 0 Å². The Morgan fingerprint density at radius 3 is 2.95 bits per heavy atom. The van der Waals surface area contributed by atoms with Crippen LogP contribution in [0.1, 0.15) is 19.8 Å². The molecule has 1 aromatic heterocycles. The summed E-state index contributed by atoms with van der Waals surface area (Å²) in [6, 6.07) is 3.46. The fraction of sp³-hybridized carbons (Fsp3) is 0.615. The molecule has 6 nitrogen and oxygen atoms in total. The molecule has 3 rings (SSSR count). The van der Waals surface area contributed by atoms with Gasteiger partial charge < -0.3 is 0 Å². The number of sulfonamides is 1. The van der Waals surface area contributed by atoms with Crippen LogP contribution in [0.4, 0.5) is 0 Å². The average Bonchev–Trinajstić information content (AvgIpc) is 3.08. The van der Waals surface area contributed by atoms with Crippen LogP contribution in [-0.4, -0.2) is 42.9 Å². The van der Waals surface area contributed by atoms with Crippen molar-refractivity contribution in [2.75, 3.05) is 13.1 Å².